The Labute approximate surface area is 554 Å². The number of para-hydroxylation sites is 1. The van der Waals surface area contributed by atoms with Gasteiger partial charge in [0, 0.05) is 99.7 Å². The Morgan fingerprint density at radius 1 is 0.698 bits per heavy atom. The van der Waals surface area contributed by atoms with Crippen LogP contribution in [-0.4, -0.2) is 185 Å². The molecule has 30 heteroatoms. The van der Waals surface area contributed by atoms with Crippen LogP contribution in [0.25, 0.3) is 10.9 Å². The minimum absolute atomic E-state index is 0.0443. The van der Waals surface area contributed by atoms with Crippen molar-refractivity contribution < 1.29 is 58.2 Å². The summed E-state index contributed by atoms with van der Waals surface area (Å²) in [5.74, 6) is -7.55. The minimum atomic E-state index is -1.80. The summed E-state index contributed by atoms with van der Waals surface area (Å²) in [6.07, 6.45) is 8.44. The van der Waals surface area contributed by atoms with Crippen LogP contribution in [0.1, 0.15) is 93.9 Å². The number of hydrogen-bond acceptors (Lipinski definition) is 15. The van der Waals surface area contributed by atoms with Crippen molar-refractivity contribution in [2.24, 2.45) is 11.7 Å². The summed E-state index contributed by atoms with van der Waals surface area (Å²) in [5.41, 5.74) is 8.56. The highest BCUT2D eigenvalue weighted by Crippen LogP contribution is 2.23. The predicted molar refractivity (Wildman–Crippen MR) is 351 cm³/mol. The first-order valence-electron chi connectivity index (χ1n) is 32.2. The van der Waals surface area contributed by atoms with Crippen LogP contribution in [0, 0.1) is 11.3 Å². The molecule has 96 heavy (non-hydrogen) atoms. The third-order valence-electron chi connectivity index (χ3n) is 16.6. The Morgan fingerprint density at radius 2 is 1.32 bits per heavy atom. The number of aromatic amines is 2. The van der Waals surface area contributed by atoms with Crippen LogP contribution in [0.15, 0.2) is 110 Å². The molecular weight excluding hydrogens is 1240 g/mol. The van der Waals surface area contributed by atoms with Crippen LogP contribution in [0.5, 0.6) is 5.75 Å². The number of H-pyrrole nitrogens is 2. The van der Waals surface area contributed by atoms with E-state index in [1.807, 2.05) is 50.2 Å². The number of aromatic nitrogens is 5. The Morgan fingerprint density at radius 3 is 1.97 bits per heavy atom. The number of rotatable bonds is 34. The topological polar surface area (TPSA) is 447 Å². The number of amides is 10. The molecule has 2 aliphatic rings. The van der Waals surface area contributed by atoms with Crippen molar-refractivity contribution in [3.63, 3.8) is 0 Å². The summed E-state index contributed by atoms with van der Waals surface area (Å²) in [5, 5.41) is 56.7. The first-order valence-corrected chi connectivity index (χ1v) is 32.2. The summed E-state index contributed by atoms with van der Waals surface area (Å²) in [4.78, 5) is 158. The average molecular weight is 1320 g/mol. The van der Waals surface area contributed by atoms with E-state index < -0.39 is 108 Å². The first-order chi connectivity index (χ1) is 46.2. The number of aliphatic hydroxyl groups excluding tert-OH is 1. The Kier molecular flexibility index (Phi) is 25.6. The number of phenols is 1. The number of imidazole rings is 2. The molecule has 2 saturated heterocycles. The molecule has 6 aromatic rings. The molecular formula is C66H86N18O12. The fraction of sp³-hybridized carbons (Fsp3) is 0.439. The van der Waals surface area contributed by atoms with Gasteiger partial charge >= 0.3 is 0 Å². The number of guanidine groups is 1. The van der Waals surface area contributed by atoms with Gasteiger partial charge in [0.2, 0.25) is 59.1 Å². The van der Waals surface area contributed by atoms with Crippen molar-refractivity contribution in [2.75, 3.05) is 26.2 Å². The highest BCUT2D eigenvalue weighted by atomic mass is 16.3. The quantitative estimate of drug-likeness (QED) is 0.0134. The lowest BCUT2D eigenvalue weighted by molar-refractivity contribution is -0.142. The standard InChI is InChI=1S/C66H86N18O12/c1-4-70-64(95)54-17-11-26-84(54)65(96)47(16-10-24-72-66(67)68)76-58(89)48(28-38(2)3)77-62(93)52(32-55-71-25-27-83(55)35-40-12-6-5-7-13-40)81-59(90)49(29-39-18-20-43(86)21-19-39)78-63(94)53(36-85)82-60(91)50(30-41-33-73-45-15-9-8-14-44(41)45)79-61(92)51(31-42-34-69-37-74-42)80-57(88)46-22-23-56(87)75-46/h5-9,12-15,18-21,25,27,33-34,37-38,46-54,73,85-86H,4,10-11,16-17,22-24,26,28-32,35-36H2,1-3H3,(H,69,74)(H,70,95)(H,75,87)(H,76,89)(H,77,93)(H,78,94)(H,79,92)(H,80,88)(H,81,90)(H,82,91)(H4,67,68,72)/t46?,47-,48?,49-,50-,51?,52?,53?,54-/m0/s1. The zero-order valence-electron chi connectivity index (χ0n) is 53.8. The zero-order chi connectivity index (χ0) is 68.8. The number of benzene rings is 3. The number of likely N-dealkylation sites (N-methyl/N-ethyl adjacent to an activating group) is 1. The van der Waals surface area contributed by atoms with Crippen molar-refractivity contribution in [2.45, 2.75) is 152 Å². The van der Waals surface area contributed by atoms with Gasteiger partial charge in [-0.2, -0.15) is 0 Å². The lowest BCUT2D eigenvalue weighted by Crippen LogP contribution is -2.61. The van der Waals surface area contributed by atoms with Crippen molar-refractivity contribution in [3.8, 4) is 5.75 Å². The number of carbonyl (C=O) groups is 10. The van der Waals surface area contributed by atoms with Gasteiger partial charge in [0.05, 0.1) is 12.9 Å². The molecule has 3 aromatic heterocycles. The number of nitrogens with zero attached hydrogens (tertiary/aromatic N) is 4. The van der Waals surface area contributed by atoms with Gasteiger partial charge in [0.1, 0.15) is 66.0 Å². The van der Waals surface area contributed by atoms with Crippen molar-refractivity contribution >= 4 is 75.9 Å². The maximum atomic E-state index is 15.2. The average Bonchev–Trinajstić information content (AvgIpc) is 1.29. The molecule has 0 bridgehead atoms. The SMILES string of the molecule is CCNC(=O)[C@@H]1CCCN1C(=O)[C@H](CCCNC(=N)N)NC(=O)C(CC(C)C)NC(=O)C(Cc1nccn1Cc1ccccc1)NC(=O)[C@H](Cc1ccc(O)cc1)NC(=O)C(CO)NC(=O)[C@H](Cc1c[nH]c2ccccc12)NC(=O)C(Cc1cnc[nH]1)NC(=O)C1CCC(=O)N1. The van der Waals surface area contributed by atoms with Gasteiger partial charge in [-0.3, -0.25) is 53.4 Å². The number of likely N-dealkylation sites (tertiary alicyclic amines) is 1. The lowest BCUT2D eigenvalue weighted by Gasteiger charge is -2.30. The smallest absolute Gasteiger partial charge is 0.245 e. The van der Waals surface area contributed by atoms with E-state index >= 15 is 9.59 Å². The maximum Gasteiger partial charge on any atom is 0.245 e. The van der Waals surface area contributed by atoms with E-state index in [1.54, 1.807) is 42.1 Å². The molecule has 8 rings (SSSR count). The van der Waals surface area contributed by atoms with E-state index in [4.69, 9.17) is 11.1 Å². The molecule has 0 radical (unpaired) electrons. The van der Waals surface area contributed by atoms with Gasteiger partial charge < -0.3 is 88.5 Å². The number of nitrogens with one attached hydrogen (secondary N) is 13. The number of aliphatic hydroxyl groups is 1. The van der Waals surface area contributed by atoms with E-state index in [1.165, 1.54) is 47.9 Å². The van der Waals surface area contributed by atoms with Crippen LogP contribution in [0.3, 0.4) is 0 Å². The van der Waals surface area contributed by atoms with E-state index in [2.05, 4.69) is 73.1 Å². The van der Waals surface area contributed by atoms with Gasteiger partial charge in [-0.25, -0.2) is 9.97 Å². The molecule has 17 N–H and O–H groups in total. The number of phenolic OH excluding ortho intramolecular Hbond substituents is 1. The Balaban J connectivity index is 1.06. The molecule has 30 nitrogen and oxygen atoms in total. The van der Waals surface area contributed by atoms with Crippen LogP contribution in [0.2, 0.25) is 0 Å². The summed E-state index contributed by atoms with van der Waals surface area (Å²) in [7, 11) is 0. The number of fused-ring (bicyclic) bond motifs is 1. The van der Waals surface area contributed by atoms with Crippen molar-refractivity contribution in [1.82, 2.24) is 82.6 Å². The van der Waals surface area contributed by atoms with E-state index in [0.717, 1.165) is 5.56 Å². The maximum absolute atomic E-state index is 15.2. The van der Waals surface area contributed by atoms with Gasteiger partial charge in [-0.1, -0.05) is 74.5 Å². The minimum Gasteiger partial charge on any atom is -0.508 e. The molecule has 0 saturated carbocycles. The largest absolute Gasteiger partial charge is 0.508 e. The summed E-state index contributed by atoms with van der Waals surface area (Å²) >= 11 is 0. The number of carbonyl (C=O) groups excluding carboxylic acids is 10. The third kappa shape index (κ3) is 20.2. The molecule has 2 aliphatic heterocycles. The second-order valence-corrected chi connectivity index (χ2v) is 24.3. The van der Waals surface area contributed by atoms with Crippen molar-refractivity contribution in [3.05, 3.63) is 138 Å². The summed E-state index contributed by atoms with van der Waals surface area (Å²) in [6, 6.07) is 10.3. The molecule has 5 heterocycles. The second kappa shape index (κ2) is 34.5. The lowest BCUT2D eigenvalue weighted by atomic mass is 10.0. The monoisotopic (exact) mass is 1320 g/mol. The summed E-state index contributed by atoms with van der Waals surface area (Å²) in [6.45, 7) is 5.45. The van der Waals surface area contributed by atoms with Gasteiger partial charge in [0.15, 0.2) is 5.96 Å². The number of aromatic hydroxyl groups is 1. The molecule has 512 valence electrons. The van der Waals surface area contributed by atoms with Crippen LogP contribution < -0.4 is 58.9 Å². The molecule has 0 spiro atoms. The van der Waals surface area contributed by atoms with Gasteiger partial charge in [-0.15, -0.1) is 0 Å². The Hall–Kier alpha value is -10.7. The van der Waals surface area contributed by atoms with E-state index in [0.29, 0.717) is 59.5 Å². The van der Waals surface area contributed by atoms with Crippen LogP contribution in [0.4, 0.5) is 0 Å². The first kappa shape index (κ1) is 71.2. The van der Waals surface area contributed by atoms with Gasteiger partial charge in [0.25, 0.3) is 0 Å². The van der Waals surface area contributed by atoms with Crippen LogP contribution >= 0.6 is 0 Å². The number of nitrogens with two attached hydrogens (primary N) is 1. The zero-order valence-corrected chi connectivity index (χ0v) is 53.8. The molecule has 2 fully saturated rings. The molecule has 10 amide bonds. The fourth-order valence-corrected chi connectivity index (χ4v) is 11.7. The van der Waals surface area contributed by atoms with Crippen molar-refractivity contribution in [1.29, 1.82) is 5.41 Å². The third-order valence-corrected chi connectivity index (χ3v) is 16.6. The summed E-state index contributed by atoms with van der Waals surface area (Å²) < 4.78 is 1.77. The predicted octanol–water partition coefficient (Wildman–Crippen LogP) is -0.787. The normalized spacial score (nSPS) is 16.6. The van der Waals surface area contributed by atoms with E-state index in [-0.39, 0.29) is 100 Å². The number of hydrogen-bond donors (Lipinski definition) is 16. The van der Waals surface area contributed by atoms with Gasteiger partial charge in [-0.05, 0) is 86.3 Å². The Bertz CT molecular complexity index is 3670. The highest BCUT2D eigenvalue weighted by Gasteiger charge is 2.40. The molecule has 0 aliphatic carbocycles. The molecule has 9 atom stereocenters. The second-order valence-electron chi connectivity index (χ2n) is 24.3. The molecule has 3 aromatic carbocycles. The highest BCUT2D eigenvalue weighted by molar-refractivity contribution is 5.99. The fourth-order valence-electron chi connectivity index (χ4n) is 11.7. The van der Waals surface area contributed by atoms with Crippen LogP contribution in [-0.2, 0) is 80.2 Å². The molecule has 5 unspecified atom stereocenters. The van der Waals surface area contributed by atoms with E-state index in [9.17, 15) is 48.6 Å².